The van der Waals surface area contributed by atoms with Crippen molar-refractivity contribution in [3.63, 3.8) is 0 Å². The summed E-state index contributed by atoms with van der Waals surface area (Å²) in [4.78, 5) is 4.04. The molecule has 0 bridgehead atoms. The third-order valence-electron chi connectivity index (χ3n) is 8.20. The monoisotopic (exact) mass is 690 g/mol. The Morgan fingerprint density at radius 1 is 1.02 bits per heavy atom. The van der Waals surface area contributed by atoms with Crippen molar-refractivity contribution in [2.75, 3.05) is 69.8 Å². The third-order valence-corrected chi connectivity index (χ3v) is 12.5. The molecular weight excluding hydrogens is 656 g/mol. The van der Waals surface area contributed by atoms with Gasteiger partial charge in [0.15, 0.2) is 5.75 Å². The van der Waals surface area contributed by atoms with Crippen LogP contribution >= 0.6 is 18.5 Å². The van der Waals surface area contributed by atoms with Crippen LogP contribution in [0.15, 0.2) is 36.4 Å². The zero-order chi connectivity index (χ0) is 33.3. The predicted molar refractivity (Wildman–Crippen MR) is 169 cm³/mol. The number of benzene rings is 2. The molecule has 2 N–H and O–H groups in total. The van der Waals surface area contributed by atoms with E-state index in [1.807, 2.05) is 23.9 Å². The van der Waals surface area contributed by atoms with Gasteiger partial charge in [-0.15, -0.1) is 24.5 Å². The summed E-state index contributed by atoms with van der Waals surface area (Å²) in [6, 6.07) is 8.40. The van der Waals surface area contributed by atoms with E-state index in [2.05, 4.69) is 27.2 Å². The fourth-order valence-corrected chi connectivity index (χ4v) is 9.65. The molecule has 0 amide bonds. The lowest BCUT2D eigenvalue weighted by Gasteiger charge is -2.33. The van der Waals surface area contributed by atoms with Crippen LogP contribution in [-0.2, 0) is 11.0 Å². The molecule has 2 atom stereocenters. The van der Waals surface area contributed by atoms with E-state index in [0.717, 1.165) is 17.4 Å². The standard InChI is InChI=1S/C31H34F7N4O2PS/c1-41-13-15-45(43,16-14-41)20-8-9-25(27(17-20)44-31(36,37)38)39-11-4-7-28-22(18-30(33,34)35)21-5-3-6-26(29(21)46-28)40-24-10-12-42(2)19-23(24)32/h3,5-6,8-9,17,23-24,39-40H,10-16,18-19H2,1-2H3/t23-,24-/m0/s1. The molecule has 46 heavy (non-hydrogen) atoms. The minimum Gasteiger partial charge on any atom is -0.404 e. The van der Waals surface area contributed by atoms with Gasteiger partial charge in [0.25, 0.3) is 0 Å². The zero-order valence-electron chi connectivity index (χ0n) is 25.2. The number of hydrogen-bond donors (Lipinski definition) is 2. The fraction of sp³-hybridized carbons (Fsp3) is 0.484. The van der Waals surface area contributed by atoms with Gasteiger partial charge >= 0.3 is 12.5 Å². The van der Waals surface area contributed by atoms with Gasteiger partial charge < -0.3 is 29.7 Å². The summed E-state index contributed by atoms with van der Waals surface area (Å²) in [6.07, 6.45) is -10.7. The van der Waals surface area contributed by atoms with E-state index in [9.17, 15) is 35.3 Å². The first-order valence-electron chi connectivity index (χ1n) is 14.7. The fourth-order valence-electron chi connectivity index (χ4n) is 5.71. The molecule has 0 unspecified atom stereocenters. The Hall–Kier alpha value is -2.98. The smallest absolute Gasteiger partial charge is 0.404 e. The number of fused-ring (bicyclic) bond motifs is 1. The number of likely N-dealkylation sites (tertiary alicyclic amines) is 1. The summed E-state index contributed by atoms with van der Waals surface area (Å²) in [7, 11) is 0.796. The molecule has 3 aromatic rings. The second kappa shape index (κ2) is 13.6. The molecule has 0 aliphatic carbocycles. The van der Waals surface area contributed by atoms with Crippen molar-refractivity contribution in [2.24, 2.45) is 0 Å². The van der Waals surface area contributed by atoms with E-state index in [4.69, 9.17) is 0 Å². The number of nitrogens with zero attached hydrogens (tertiary/aromatic N) is 2. The van der Waals surface area contributed by atoms with E-state index in [0.29, 0.717) is 59.5 Å². The van der Waals surface area contributed by atoms with Crippen LogP contribution in [0.5, 0.6) is 5.75 Å². The average molecular weight is 691 g/mol. The van der Waals surface area contributed by atoms with E-state index in [-0.39, 0.29) is 29.2 Å². The number of halogens is 7. The molecule has 250 valence electrons. The number of hydrogen-bond acceptors (Lipinski definition) is 7. The lowest BCUT2D eigenvalue weighted by molar-refractivity contribution is -0.274. The van der Waals surface area contributed by atoms with Gasteiger partial charge in [-0.1, -0.05) is 24.0 Å². The van der Waals surface area contributed by atoms with Gasteiger partial charge in [-0.3, -0.25) is 0 Å². The number of thiophene rings is 1. The minimum absolute atomic E-state index is 0.0166. The van der Waals surface area contributed by atoms with Crippen molar-refractivity contribution in [1.29, 1.82) is 0 Å². The quantitative estimate of drug-likeness (QED) is 0.163. The van der Waals surface area contributed by atoms with Gasteiger partial charge in [0.05, 0.1) is 40.0 Å². The molecule has 5 rings (SSSR count). The normalized spacial score (nSPS) is 21.1. The first-order chi connectivity index (χ1) is 21.6. The number of alkyl halides is 7. The molecule has 1 aromatic heterocycles. The maximum atomic E-state index is 14.7. The van der Waals surface area contributed by atoms with Crippen LogP contribution in [-0.4, -0.2) is 93.7 Å². The molecule has 2 aliphatic heterocycles. The van der Waals surface area contributed by atoms with Gasteiger partial charge in [0.1, 0.15) is 13.3 Å². The maximum Gasteiger partial charge on any atom is 0.573 e. The van der Waals surface area contributed by atoms with Crippen molar-refractivity contribution in [1.82, 2.24) is 9.80 Å². The Kier molecular flexibility index (Phi) is 10.2. The first-order valence-corrected chi connectivity index (χ1v) is 17.6. The van der Waals surface area contributed by atoms with Crippen LogP contribution in [0.1, 0.15) is 16.9 Å². The molecule has 2 fully saturated rings. The molecule has 2 aliphatic rings. The van der Waals surface area contributed by atoms with Crippen molar-refractivity contribution in [3.8, 4) is 17.6 Å². The van der Waals surface area contributed by atoms with Crippen molar-refractivity contribution < 1.29 is 40.0 Å². The summed E-state index contributed by atoms with van der Waals surface area (Å²) in [5.41, 5.74) is 0.456. The first kappa shape index (κ1) is 34.4. The Labute approximate surface area is 266 Å². The minimum atomic E-state index is -5.01. The highest BCUT2D eigenvalue weighted by molar-refractivity contribution is 7.71. The summed E-state index contributed by atoms with van der Waals surface area (Å²) in [6.45, 7) is 1.83. The predicted octanol–water partition coefficient (Wildman–Crippen LogP) is 6.76. The van der Waals surface area contributed by atoms with Crippen LogP contribution < -0.4 is 20.7 Å². The largest absolute Gasteiger partial charge is 0.573 e. The average Bonchev–Trinajstić information content (AvgIpc) is 3.30. The van der Waals surface area contributed by atoms with Gasteiger partial charge in [0.2, 0.25) is 0 Å². The highest BCUT2D eigenvalue weighted by Crippen LogP contribution is 2.47. The van der Waals surface area contributed by atoms with E-state index < -0.39 is 44.1 Å². The van der Waals surface area contributed by atoms with Crippen LogP contribution in [0.4, 0.5) is 42.1 Å². The molecule has 15 heteroatoms. The van der Waals surface area contributed by atoms with Crippen LogP contribution in [0.3, 0.4) is 0 Å². The molecule has 3 heterocycles. The summed E-state index contributed by atoms with van der Waals surface area (Å²) in [5, 5.41) is 6.59. The second-order valence-electron chi connectivity index (χ2n) is 11.7. The number of anilines is 2. The zero-order valence-corrected chi connectivity index (χ0v) is 26.9. The van der Waals surface area contributed by atoms with Crippen LogP contribution in [0.2, 0.25) is 0 Å². The summed E-state index contributed by atoms with van der Waals surface area (Å²) >= 11 is 1.05. The maximum absolute atomic E-state index is 14.7. The topological polar surface area (TPSA) is 56.8 Å². The highest BCUT2D eigenvalue weighted by atomic mass is 32.1. The molecule has 2 aromatic carbocycles. The van der Waals surface area contributed by atoms with E-state index in [1.165, 1.54) is 12.1 Å². The molecule has 0 radical (unpaired) electrons. The number of piperidine rings is 1. The SMILES string of the molecule is CN1CCP(=O)(c2ccc(NCC#Cc3sc4c(N[C@H]5CCN(C)C[C@@H]5F)cccc4c3CC(F)(F)F)c(OC(F)(F)F)c2)CC1. The van der Waals surface area contributed by atoms with E-state index in [1.54, 1.807) is 18.2 Å². The van der Waals surface area contributed by atoms with Crippen molar-refractivity contribution in [2.45, 2.75) is 37.6 Å². The molecular formula is C31H34F7N4O2PS. The van der Waals surface area contributed by atoms with Crippen LogP contribution in [0.25, 0.3) is 10.1 Å². The molecule has 0 saturated carbocycles. The summed E-state index contributed by atoms with van der Waals surface area (Å²) < 4.78 is 114. The lowest BCUT2D eigenvalue weighted by Crippen LogP contribution is -2.46. The van der Waals surface area contributed by atoms with Crippen molar-refractivity contribution in [3.05, 3.63) is 46.8 Å². The highest BCUT2D eigenvalue weighted by Gasteiger charge is 2.35. The lowest BCUT2D eigenvalue weighted by atomic mass is 10.0. The number of nitrogens with one attached hydrogen (secondary N) is 2. The van der Waals surface area contributed by atoms with Crippen LogP contribution in [0, 0.1) is 11.8 Å². The van der Waals surface area contributed by atoms with Gasteiger partial charge in [-0.2, -0.15) is 13.2 Å². The Bertz CT molecular complexity index is 1650. The second-order valence-corrected chi connectivity index (χ2v) is 15.9. The van der Waals surface area contributed by atoms with Gasteiger partial charge in [-0.25, -0.2) is 4.39 Å². The van der Waals surface area contributed by atoms with E-state index >= 15 is 0 Å². The third kappa shape index (κ3) is 8.48. The summed E-state index contributed by atoms with van der Waals surface area (Å²) in [5.74, 6) is 4.94. The Morgan fingerprint density at radius 3 is 2.43 bits per heavy atom. The number of rotatable bonds is 7. The Balaban J connectivity index is 1.40. The van der Waals surface area contributed by atoms with Gasteiger partial charge in [-0.05, 0) is 55.7 Å². The van der Waals surface area contributed by atoms with Crippen molar-refractivity contribution >= 4 is 45.2 Å². The molecule has 0 spiro atoms. The number of ether oxygens (including phenoxy) is 1. The molecule has 6 nitrogen and oxygen atoms in total. The van der Waals surface area contributed by atoms with Gasteiger partial charge in [0, 0.05) is 43.8 Å². The molecule has 2 saturated heterocycles. The Morgan fingerprint density at radius 2 is 1.76 bits per heavy atom.